The summed E-state index contributed by atoms with van der Waals surface area (Å²) in [7, 11) is 0. The van der Waals surface area contributed by atoms with Crippen molar-refractivity contribution < 1.29 is 9.18 Å². The molecule has 1 aromatic carbocycles. The van der Waals surface area contributed by atoms with Crippen LogP contribution in [0.1, 0.15) is 13.8 Å². The zero-order valence-corrected chi connectivity index (χ0v) is 15.3. The van der Waals surface area contributed by atoms with E-state index >= 15 is 0 Å². The zero-order valence-electron chi connectivity index (χ0n) is 13.7. The summed E-state index contributed by atoms with van der Waals surface area (Å²) in [6.45, 7) is 4.06. The zero-order chi connectivity index (χ0) is 18.0. The van der Waals surface area contributed by atoms with Gasteiger partial charge in [-0.25, -0.2) is 9.37 Å². The van der Waals surface area contributed by atoms with Crippen LogP contribution in [0.4, 0.5) is 10.1 Å². The van der Waals surface area contributed by atoms with Gasteiger partial charge in [-0.1, -0.05) is 17.8 Å². The van der Waals surface area contributed by atoms with E-state index in [1.54, 1.807) is 23.6 Å². The fourth-order valence-corrected chi connectivity index (χ4v) is 4.06. The van der Waals surface area contributed by atoms with Gasteiger partial charge in [0.1, 0.15) is 10.5 Å². The lowest BCUT2D eigenvalue weighted by molar-refractivity contribution is -0.115. The summed E-state index contributed by atoms with van der Waals surface area (Å²) in [5.74, 6) is -0.694. The van der Waals surface area contributed by atoms with Crippen molar-refractivity contribution in [2.45, 2.75) is 30.8 Å². The Kier molecular flexibility index (Phi) is 5.19. The molecule has 1 atom stereocenters. The van der Waals surface area contributed by atoms with Crippen molar-refractivity contribution in [3.8, 4) is 0 Å². The molecule has 2 heterocycles. The number of nitrogens with zero attached hydrogens (tertiary/aromatic N) is 2. The van der Waals surface area contributed by atoms with Crippen molar-refractivity contribution in [3.05, 3.63) is 51.9 Å². The minimum atomic E-state index is -0.496. The third kappa shape index (κ3) is 3.74. The SMILES string of the molecule is CCn1c(SC(C)C(=O)Nc2cccc(F)c2)nc2ccsc2c1=O. The van der Waals surface area contributed by atoms with E-state index in [2.05, 4.69) is 10.3 Å². The van der Waals surface area contributed by atoms with Gasteiger partial charge < -0.3 is 5.32 Å². The van der Waals surface area contributed by atoms with Crippen LogP contribution in [0.15, 0.2) is 45.7 Å². The maximum Gasteiger partial charge on any atom is 0.272 e. The number of benzene rings is 1. The minimum absolute atomic E-state index is 0.0947. The van der Waals surface area contributed by atoms with Gasteiger partial charge in [0.05, 0.1) is 10.8 Å². The van der Waals surface area contributed by atoms with Crippen molar-refractivity contribution >= 4 is 44.9 Å². The van der Waals surface area contributed by atoms with Crippen LogP contribution < -0.4 is 10.9 Å². The van der Waals surface area contributed by atoms with Crippen molar-refractivity contribution in [1.82, 2.24) is 9.55 Å². The lowest BCUT2D eigenvalue weighted by Gasteiger charge is -2.14. The first-order chi connectivity index (χ1) is 12.0. The third-order valence-corrected chi connectivity index (χ3v) is 5.57. The van der Waals surface area contributed by atoms with Gasteiger partial charge in [0.25, 0.3) is 5.56 Å². The number of halogens is 1. The molecule has 8 heteroatoms. The van der Waals surface area contributed by atoms with Crippen molar-refractivity contribution in [3.63, 3.8) is 0 Å². The lowest BCUT2D eigenvalue weighted by Crippen LogP contribution is -2.26. The van der Waals surface area contributed by atoms with Crippen molar-refractivity contribution in [1.29, 1.82) is 0 Å². The number of thioether (sulfide) groups is 1. The molecule has 1 unspecified atom stereocenters. The normalized spacial score (nSPS) is 12.3. The van der Waals surface area contributed by atoms with Crippen LogP contribution >= 0.6 is 23.1 Å². The molecule has 1 amide bonds. The molecule has 0 saturated carbocycles. The highest BCUT2D eigenvalue weighted by Gasteiger charge is 2.19. The molecule has 0 spiro atoms. The summed E-state index contributed by atoms with van der Waals surface area (Å²) in [5, 5.41) is 4.51. The Labute approximate surface area is 151 Å². The fourth-order valence-electron chi connectivity index (χ4n) is 2.31. The van der Waals surface area contributed by atoms with Crippen LogP contribution in [0, 0.1) is 5.82 Å². The Balaban J connectivity index is 1.82. The van der Waals surface area contributed by atoms with Crippen molar-refractivity contribution in [2.24, 2.45) is 0 Å². The maximum absolute atomic E-state index is 13.2. The van der Waals surface area contributed by atoms with E-state index in [-0.39, 0.29) is 11.5 Å². The molecule has 0 aliphatic heterocycles. The van der Waals surface area contributed by atoms with Gasteiger partial charge in [-0.3, -0.25) is 14.2 Å². The fraction of sp³-hybridized carbons (Fsp3) is 0.235. The topological polar surface area (TPSA) is 64.0 Å². The van der Waals surface area contributed by atoms with E-state index in [0.717, 1.165) is 0 Å². The number of fused-ring (bicyclic) bond motifs is 1. The molecule has 5 nitrogen and oxygen atoms in total. The predicted molar refractivity (Wildman–Crippen MR) is 99.9 cm³/mol. The number of carbonyl (C=O) groups excluding carboxylic acids is 1. The molecule has 0 bridgehead atoms. The average molecular weight is 377 g/mol. The van der Waals surface area contributed by atoms with E-state index < -0.39 is 11.1 Å². The number of nitrogens with one attached hydrogen (secondary N) is 1. The highest BCUT2D eigenvalue weighted by atomic mass is 32.2. The molecule has 25 heavy (non-hydrogen) atoms. The van der Waals surface area contributed by atoms with Crippen LogP contribution in [0.3, 0.4) is 0 Å². The first-order valence-corrected chi connectivity index (χ1v) is 9.46. The van der Waals surface area contributed by atoms with Gasteiger partial charge in [0.15, 0.2) is 5.16 Å². The molecule has 3 aromatic rings. The molecule has 0 aliphatic rings. The maximum atomic E-state index is 13.2. The molecule has 0 saturated heterocycles. The highest BCUT2D eigenvalue weighted by molar-refractivity contribution is 8.00. The molecule has 0 fully saturated rings. The average Bonchev–Trinajstić information content (AvgIpc) is 3.04. The Morgan fingerprint density at radius 3 is 2.96 bits per heavy atom. The molecule has 0 aliphatic carbocycles. The van der Waals surface area contributed by atoms with Crippen LogP contribution in [-0.4, -0.2) is 20.7 Å². The Bertz CT molecular complexity index is 983. The monoisotopic (exact) mass is 377 g/mol. The molecule has 2 aromatic heterocycles. The van der Waals surface area contributed by atoms with Crippen molar-refractivity contribution in [2.75, 3.05) is 5.32 Å². The number of thiophene rings is 1. The number of aromatic nitrogens is 2. The number of hydrogen-bond donors (Lipinski definition) is 1. The first kappa shape index (κ1) is 17.6. The molecular weight excluding hydrogens is 361 g/mol. The quantitative estimate of drug-likeness (QED) is 0.543. The van der Waals surface area contributed by atoms with Crippen LogP contribution in [0.5, 0.6) is 0 Å². The van der Waals surface area contributed by atoms with Gasteiger partial charge >= 0.3 is 0 Å². The first-order valence-electron chi connectivity index (χ1n) is 7.70. The molecule has 3 rings (SSSR count). The summed E-state index contributed by atoms with van der Waals surface area (Å²) < 4.78 is 15.4. The van der Waals surface area contributed by atoms with Crippen LogP contribution in [-0.2, 0) is 11.3 Å². The Hall–Kier alpha value is -2.19. The smallest absolute Gasteiger partial charge is 0.272 e. The van der Waals surface area contributed by atoms with E-state index in [4.69, 9.17) is 0 Å². The second kappa shape index (κ2) is 7.37. The Morgan fingerprint density at radius 1 is 1.44 bits per heavy atom. The Morgan fingerprint density at radius 2 is 2.24 bits per heavy atom. The third-order valence-electron chi connectivity index (χ3n) is 3.59. The molecular formula is C17H16FN3O2S2. The number of anilines is 1. The van der Waals surface area contributed by atoms with E-state index in [1.807, 2.05) is 12.3 Å². The van der Waals surface area contributed by atoms with E-state index in [0.29, 0.717) is 27.6 Å². The molecule has 1 N–H and O–H groups in total. The number of rotatable bonds is 5. The van der Waals surface area contributed by atoms with Crippen LogP contribution in [0.2, 0.25) is 0 Å². The highest BCUT2D eigenvalue weighted by Crippen LogP contribution is 2.25. The second-order valence-corrected chi connectivity index (χ2v) is 7.56. The molecule has 130 valence electrons. The summed E-state index contributed by atoms with van der Waals surface area (Å²) in [5.41, 5.74) is 0.939. The second-order valence-electron chi connectivity index (χ2n) is 5.34. The van der Waals surface area contributed by atoms with Gasteiger partial charge in [-0.05, 0) is 43.5 Å². The lowest BCUT2D eigenvalue weighted by atomic mass is 10.3. The summed E-state index contributed by atoms with van der Waals surface area (Å²) in [6, 6.07) is 7.52. The van der Waals surface area contributed by atoms with Gasteiger partial charge in [0.2, 0.25) is 5.91 Å². The minimum Gasteiger partial charge on any atom is -0.325 e. The van der Waals surface area contributed by atoms with Gasteiger partial charge in [-0.15, -0.1) is 11.3 Å². The molecule has 0 radical (unpaired) electrons. The summed E-state index contributed by atoms with van der Waals surface area (Å²) >= 11 is 2.57. The summed E-state index contributed by atoms with van der Waals surface area (Å²) in [4.78, 5) is 29.4. The van der Waals surface area contributed by atoms with Gasteiger partial charge in [-0.2, -0.15) is 0 Å². The largest absolute Gasteiger partial charge is 0.325 e. The number of hydrogen-bond acceptors (Lipinski definition) is 5. The number of amides is 1. The summed E-state index contributed by atoms with van der Waals surface area (Å²) in [6.07, 6.45) is 0. The standard InChI is InChI=1S/C17H16FN3O2S2/c1-3-21-16(23)14-13(7-8-24-14)20-17(21)25-10(2)15(22)19-12-6-4-5-11(18)9-12/h4-10H,3H2,1-2H3,(H,19,22). The van der Waals surface area contributed by atoms with Gasteiger partial charge in [0, 0.05) is 12.2 Å². The van der Waals surface area contributed by atoms with E-state index in [9.17, 15) is 14.0 Å². The van der Waals surface area contributed by atoms with E-state index in [1.165, 1.54) is 41.3 Å². The predicted octanol–water partition coefficient (Wildman–Crippen LogP) is 3.74. The number of carbonyl (C=O) groups is 1. The van der Waals surface area contributed by atoms with Crippen LogP contribution in [0.25, 0.3) is 10.2 Å².